The highest BCUT2D eigenvalue weighted by Gasteiger charge is 2.23. The Morgan fingerprint density at radius 1 is 1.26 bits per heavy atom. The van der Waals surface area contributed by atoms with Crippen LogP contribution in [0.15, 0.2) is 29.6 Å². The van der Waals surface area contributed by atoms with Gasteiger partial charge in [0.15, 0.2) is 0 Å². The number of benzene rings is 1. The molecule has 0 aliphatic carbocycles. The second-order valence-electron chi connectivity index (χ2n) is 5.10. The molecule has 1 aliphatic heterocycles. The lowest BCUT2D eigenvalue weighted by Gasteiger charge is -2.24. The van der Waals surface area contributed by atoms with Crippen LogP contribution in [0.2, 0.25) is 0 Å². The molecule has 3 nitrogen and oxygen atoms in total. The van der Waals surface area contributed by atoms with E-state index in [-0.39, 0.29) is 0 Å². The van der Waals surface area contributed by atoms with E-state index in [2.05, 4.69) is 46.9 Å². The number of H-pyrrole nitrogens is 1. The Morgan fingerprint density at radius 2 is 2.11 bits per heavy atom. The van der Waals surface area contributed by atoms with E-state index in [0.717, 1.165) is 18.8 Å². The van der Waals surface area contributed by atoms with Gasteiger partial charge in [-0.25, -0.2) is 4.98 Å². The molecule has 1 aromatic carbocycles. The van der Waals surface area contributed by atoms with E-state index >= 15 is 0 Å². The van der Waals surface area contributed by atoms with Gasteiger partial charge in [0, 0.05) is 46.5 Å². The van der Waals surface area contributed by atoms with Gasteiger partial charge in [-0.2, -0.15) is 0 Å². The molecular weight excluding hydrogens is 254 g/mol. The highest BCUT2D eigenvalue weighted by Crippen LogP contribution is 2.34. The molecule has 0 atom stereocenters. The number of hydrogen-bond acceptors (Lipinski definition) is 3. The minimum Gasteiger partial charge on any atom is -0.358 e. The maximum Gasteiger partial charge on any atom is 0.0989 e. The summed E-state index contributed by atoms with van der Waals surface area (Å²) >= 11 is 1.78. The molecule has 1 saturated heterocycles. The number of rotatable bonds is 2. The SMILES string of the molecule is Cc1[nH]c2ccccc2c1-c1csc(C2CNC2)n1. The Morgan fingerprint density at radius 3 is 2.89 bits per heavy atom. The molecule has 96 valence electrons. The van der Waals surface area contributed by atoms with Crippen molar-refractivity contribution in [3.05, 3.63) is 40.3 Å². The van der Waals surface area contributed by atoms with Gasteiger partial charge in [-0.15, -0.1) is 11.3 Å². The molecule has 2 aromatic heterocycles. The molecule has 4 heteroatoms. The molecule has 1 fully saturated rings. The van der Waals surface area contributed by atoms with Crippen molar-refractivity contribution in [1.29, 1.82) is 0 Å². The first-order valence-corrected chi connectivity index (χ1v) is 7.44. The van der Waals surface area contributed by atoms with Crippen LogP contribution in [-0.4, -0.2) is 23.1 Å². The van der Waals surface area contributed by atoms with Crippen molar-refractivity contribution in [2.75, 3.05) is 13.1 Å². The summed E-state index contributed by atoms with van der Waals surface area (Å²) in [6.45, 7) is 4.26. The summed E-state index contributed by atoms with van der Waals surface area (Å²) in [6.07, 6.45) is 0. The maximum atomic E-state index is 4.84. The number of aromatic nitrogens is 2. The molecule has 0 bridgehead atoms. The largest absolute Gasteiger partial charge is 0.358 e. The predicted octanol–water partition coefficient (Wildman–Crippen LogP) is 3.29. The van der Waals surface area contributed by atoms with Crippen LogP contribution in [0.4, 0.5) is 0 Å². The molecule has 19 heavy (non-hydrogen) atoms. The van der Waals surface area contributed by atoms with Crippen molar-refractivity contribution >= 4 is 22.2 Å². The zero-order valence-corrected chi connectivity index (χ0v) is 11.6. The normalized spacial score (nSPS) is 15.8. The van der Waals surface area contributed by atoms with Crippen LogP contribution in [0.25, 0.3) is 22.2 Å². The van der Waals surface area contributed by atoms with Gasteiger partial charge in [0.2, 0.25) is 0 Å². The van der Waals surface area contributed by atoms with Crippen LogP contribution in [0.3, 0.4) is 0 Å². The van der Waals surface area contributed by atoms with Crippen molar-refractivity contribution in [2.24, 2.45) is 0 Å². The molecular formula is C15H15N3S. The summed E-state index contributed by atoms with van der Waals surface area (Å²) in [7, 11) is 0. The lowest BCUT2D eigenvalue weighted by atomic mass is 10.0. The fourth-order valence-corrected chi connectivity index (χ4v) is 3.57. The molecule has 0 radical (unpaired) electrons. The van der Waals surface area contributed by atoms with Crippen molar-refractivity contribution < 1.29 is 0 Å². The summed E-state index contributed by atoms with van der Waals surface area (Å²) in [4.78, 5) is 8.29. The molecule has 0 amide bonds. The second kappa shape index (κ2) is 4.18. The molecule has 0 saturated carbocycles. The van der Waals surface area contributed by atoms with Crippen LogP contribution in [-0.2, 0) is 0 Å². The van der Waals surface area contributed by atoms with Crippen LogP contribution in [0, 0.1) is 6.92 Å². The van der Waals surface area contributed by atoms with E-state index in [1.165, 1.54) is 27.2 Å². The highest BCUT2D eigenvalue weighted by molar-refractivity contribution is 7.10. The third kappa shape index (κ3) is 1.71. The highest BCUT2D eigenvalue weighted by atomic mass is 32.1. The Hall–Kier alpha value is -1.65. The standard InChI is InChI=1S/C15H15N3S/c1-9-14(11-4-2-3-5-12(11)17-9)13-8-19-15(18-13)10-6-16-7-10/h2-5,8,10,16-17H,6-7H2,1H3. The first-order valence-electron chi connectivity index (χ1n) is 6.57. The van der Waals surface area contributed by atoms with Gasteiger partial charge < -0.3 is 10.3 Å². The fourth-order valence-electron chi connectivity index (χ4n) is 2.66. The van der Waals surface area contributed by atoms with Crippen LogP contribution in [0.5, 0.6) is 0 Å². The quantitative estimate of drug-likeness (QED) is 0.749. The van der Waals surface area contributed by atoms with Gasteiger partial charge in [0.05, 0.1) is 10.7 Å². The summed E-state index contributed by atoms with van der Waals surface area (Å²) < 4.78 is 0. The zero-order valence-electron chi connectivity index (χ0n) is 10.7. The van der Waals surface area contributed by atoms with E-state index in [9.17, 15) is 0 Å². The minimum absolute atomic E-state index is 0.615. The van der Waals surface area contributed by atoms with E-state index in [1.54, 1.807) is 11.3 Å². The molecule has 3 aromatic rings. The number of para-hydroxylation sites is 1. The molecule has 0 spiro atoms. The second-order valence-corrected chi connectivity index (χ2v) is 5.99. The van der Waals surface area contributed by atoms with Gasteiger partial charge in [0.25, 0.3) is 0 Å². The van der Waals surface area contributed by atoms with Crippen molar-refractivity contribution in [3.8, 4) is 11.3 Å². The summed E-state index contributed by atoms with van der Waals surface area (Å²) in [5.74, 6) is 0.615. The lowest BCUT2D eigenvalue weighted by molar-refractivity contribution is 0.447. The fraction of sp³-hybridized carbons (Fsp3) is 0.267. The number of nitrogens with zero attached hydrogens (tertiary/aromatic N) is 1. The van der Waals surface area contributed by atoms with E-state index < -0.39 is 0 Å². The Balaban J connectivity index is 1.85. The van der Waals surface area contributed by atoms with Gasteiger partial charge >= 0.3 is 0 Å². The number of hydrogen-bond donors (Lipinski definition) is 2. The van der Waals surface area contributed by atoms with Gasteiger partial charge in [0.1, 0.15) is 0 Å². The summed E-state index contributed by atoms with van der Waals surface area (Å²) in [5, 5.41) is 8.03. The monoisotopic (exact) mass is 269 g/mol. The van der Waals surface area contributed by atoms with E-state index in [4.69, 9.17) is 4.98 Å². The average Bonchev–Trinajstić information content (AvgIpc) is 2.90. The van der Waals surface area contributed by atoms with E-state index in [0.29, 0.717) is 5.92 Å². The van der Waals surface area contributed by atoms with Crippen molar-refractivity contribution in [1.82, 2.24) is 15.3 Å². The molecule has 0 unspecified atom stereocenters. The Kier molecular flexibility index (Phi) is 2.47. The maximum absolute atomic E-state index is 4.84. The first-order chi connectivity index (χ1) is 9.33. The number of aryl methyl sites for hydroxylation is 1. The number of thiazole rings is 1. The Labute approximate surface area is 115 Å². The summed E-state index contributed by atoms with van der Waals surface area (Å²) in [6, 6.07) is 8.43. The predicted molar refractivity (Wildman–Crippen MR) is 79.8 cm³/mol. The van der Waals surface area contributed by atoms with E-state index in [1.807, 2.05) is 0 Å². The number of nitrogens with one attached hydrogen (secondary N) is 2. The van der Waals surface area contributed by atoms with Crippen molar-refractivity contribution in [3.63, 3.8) is 0 Å². The zero-order chi connectivity index (χ0) is 12.8. The van der Waals surface area contributed by atoms with Crippen LogP contribution in [0.1, 0.15) is 16.6 Å². The third-order valence-electron chi connectivity index (χ3n) is 3.80. The van der Waals surface area contributed by atoms with Crippen LogP contribution < -0.4 is 5.32 Å². The Bertz CT molecular complexity index is 737. The number of fused-ring (bicyclic) bond motifs is 1. The molecule has 1 aliphatic rings. The van der Waals surface area contributed by atoms with Gasteiger partial charge in [-0.1, -0.05) is 18.2 Å². The van der Waals surface area contributed by atoms with Crippen molar-refractivity contribution in [2.45, 2.75) is 12.8 Å². The molecule has 4 rings (SSSR count). The topological polar surface area (TPSA) is 40.7 Å². The summed E-state index contributed by atoms with van der Waals surface area (Å²) in [5.41, 5.74) is 4.76. The first kappa shape index (κ1) is 11.2. The lowest BCUT2D eigenvalue weighted by Crippen LogP contribution is -2.39. The van der Waals surface area contributed by atoms with Gasteiger partial charge in [-0.05, 0) is 13.0 Å². The van der Waals surface area contributed by atoms with Gasteiger partial charge in [-0.3, -0.25) is 0 Å². The molecule has 2 N–H and O–H groups in total. The minimum atomic E-state index is 0.615. The van der Waals surface area contributed by atoms with Crippen LogP contribution >= 0.6 is 11.3 Å². The average molecular weight is 269 g/mol. The third-order valence-corrected chi connectivity index (χ3v) is 4.81. The molecule has 3 heterocycles. The smallest absolute Gasteiger partial charge is 0.0989 e. The number of aromatic amines is 1.